The fraction of sp³-hybridized carbons (Fsp3) is 0.600. The predicted molar refractivity (Wildman–Crippen MR) is 51.0 cm³/mol. The Hall–Kier alpha value is -1.32. The summed E-state index contributed by atoms with van der Waals surface area (Å²) in [4.78, 5) is 27.0. The highest BCUT2D eigenvalue weighted by Gasteiger charge is 2.48. The van der Waals surface area contributed by atoms with Crippen LogP contribution in [0.1, 0.15) is 20.3 Å². The molecule has 0 saturated carbocycles. The van der Waals surface area contributed by atoms with Crippen LogP contribution in [0.15, 0.2) is 11.9 Å². The molecule has 0 aliphatic carbocycles. The Morgan fingerprint density at radius 3 is 2.57 bits per heavy atom. The molecule has 1 saturated heterocycles. The summed E-state index contributed by atoms with van der Waals surface area (Å²) in [5.74, 6) is 0.551. The molecule has 1 fully saturated rings. The number of rotatable bonds is 0. The predicted octanol–water partition coefficient (Wildman–Crippen LogP) is 0.558. The standard InChI is InChI=1S/C10H14N2O2/c1-10(2)8(13)11(3)7-5-4-6-12(7)9(10)14/h5H,4,6H2,1-3H3. The minimum absolute atomic E-state index is 0.0793. The van der Waals surface area contributed by atoms with Gasteiger partial charge in [-0.3, -0.25) is 14.5 Å². The third-order valence-corrected chi connectivity index (χ3v) is 2.92. The van der Waals surface area contributed by atoms with Gasteiger partial charge in [-0.05, 0) is 26.3 Å². The van der Waals surface area contributed by atoms with Crippen LogP contribution in [-0.2, 0) is 9.59 Å². The van der Waals surface area contributed by atoms with Gasteiger partial charge in [0, 0.05) is 13.6 Å². The van der Waals surface area contributed by atoms with Crippen molar-refractivity contribution in [2.75, 3.05) is 13.6 Å². The van der Waals surface area contributed by atoms with Gasteiger partial charge in [0.25, 0.3) is 0 Å². The third kappa shape index (κ3) is 0.937. The Kier molecular flexibility index (Phi) is 1.71. The van der Waals surface area contributed by atoms with Gasteiger partial charge in [-0.25, -0.2) is 0 Å². The fourth-order valence-corrected chi connectivity index (χ4v) is 2.02. The van der Waals surface area contributed by atoms with Crippen LogP contribution < -0.4 is 0 Å². The summed E-state index contributed by atoms with van der Waals surface area (Å²) in [6, 6.07) is 0. The zero-order chi connectivity index (χ0) is 10.5. The molecule has 0 aromatic rings. The van der Waals surface area contributed by atoms with E-state index >= 15 is 0 Å². The normalized spacial score (nSPS) is 25.2. The first-order valence-electron chi connectivity index (χ1n) is 4.76. The Labute approximate surface area is 83.2 Å². The van der Waals surface area contributed by atoms with Crippen LogP contribution >= 0.6 is 0 Å². The van der Waals surface area contributed by atoms with E-state index < -0.39 is 5.41 Å². The molecule has 2 amide bonds. The van der Waals surface area contributed by atoms with E-state index in [9.17, 15) is 9.59 Å². The second-order valence-electron chi connectivity index (χ2n) is 4.30. The minimum Gasteiger partial charge on any atom is -0.301 e. The van der Waals surface area contributed by atoms with Gasteiger partial charge < -0.3 is 4.90 Å². The topological polar surface area (TPSA) is 40.6 Å². The Balaban J connectivity index is 2.45. The molecule has 0 radical (unpaired) electrons. The highest BCUT2D eigenvalue weighted by atomic mass is 16.2. The SMILES string of the molecule is CN1C(=O)C(C)(C)C(=O)N2CCC=C12. The van der Waals surface area contributed by atoms with Crippen molar-refractivity contribution in [3.8, 4) is 0 Å². The third-order valence-electron chi connectivity index (χ3n) is 2.92. The van der Waals surface area contributed by atoms with Crippen molar-refractivity contribution in [2.24, 2.45) is 5.41 Å². The number of hydrogen-bond donors (Lipinski definition) is 0. The van der Waals surface area contributed by atoms with Gasteiger partial charge in [0.05, 0.1) is 0 Å². The lowest BCUT2D eigenvalue weighted by atomic mass is 9.88. The molecule has 2 aliphatic rings. The molecule has 0 aromatic heterocycles. The quantitative estimate of drug-likeness (QED) is 0.529. The molecule has 0 aromatic carbocycles. The van der Waals surface area contributed by atoms with E-state index in [2.05, 4.69) is 0 Å². The molecular weight excluding hydrogens is 180 g/mol. The smallest absolute Gasteiger partial charge is 0.243 e. The van der Waals surface area contributed by atoms with Crippen LogP contribution in [-0.4, -0.2) is 35.2 Å². The first-order chi connectivity index (χ1) is 6.46. The van der Waals surface area contributed by atoms with Crippen molar-refractivity contribution in [2.45, 2.75) is 20.3 Å². The largest absolute Gasteiger partial charge is 0.301 e. The Morgan fingerprint density at radius 2 is 1.93 bits per heavy atom. The van der Waals surface area contributed by atoms with Crippen molar-refractivity contribution in [1.29, 1.82) is 0 Å². The molecular formula is C10H14N2O2. The molecule has 4 heteroatoms. The van der Waals surface area contributed by atoms with Gasteiger partial charge in [-0.15, -0.1) is 0 Å². The number of hydrogen-bond acceptors (Lipinski definition) is 2. The number of amides is 2. The van der Waals surface area contributed by atoms with E-state index in [-0.39, 0.29) is 11.8 Å². The van der Waals surface area contributed by atoms with Crippen LogP contribution in [0.5, 0.6) is 0 Å². The van der Waals surface area contributed by atoms with E-state index in [1.165, 1.54) is 0 Å². The number of nitrogens with zero attached hydrogens (tertiary/aromatic N) is 2. The maximum absolute atomic E-state index is 11.9. The van der Waals surface area contributed by atoms with Crippen LogP contribution in [0, 0.1) is 5.41 Å². The monoisotopic (exact) mass is 194 g/mol. The van der Waals surface area contributed by atoms with Crippen molar-refractivity contribution < 1.29 is 9.59 Å². The first kappa shape index (κ1) is 9.24. The molecule has 0 unspecified atom stereocenters. The van der Waals surface area contributed by atoms with Crippen LogP contribution in [0.2, 0.25) is 0 Å². The summed E-state index contributed by atoms with van der Waals surface area (Å²) in [7, 11) is 1.72. The van der Waals surface area contributed by atoms with E-state index in [1.807, 2.05) is 6.08 Å². The molecule has 2 aliphatic heterocycles. The van der Waals surface area contributed by atoms with Crippen molar-refractivity contribution in [3.05, 3.63) is 11.9 Å². The summed E-state index contributed by atoms with van der Waals surface area (Å²) >= 11 is 0. The molecule has 76 valence electrons. The van der Waals surface area contributed by atoms with Gasteiger partial charge in [0.2, 0.25) is 11.8 Å². The van der Waals surface area contributed by atoms with Crippen molar-refractivity contribution >= 4 is 11.8 Å². The summed E-state index contributed by atoms with van der Waals surface area (Å²) < 4.78 is 0. The van der Waals surface area contributed by atoms with Gasteiger partial charge >= 0.3 is 0 Å². The lowest BCUT2D eigenvalue weighted by Gasteiger charge is -2.40. The molecule has 2 rings (SSSR count). The number of carbonyl (C=O) groups excluding carboxylic acids is 2. The van der Waals surface area contributed by atoms with Gasteiger partial charge in [-0.2, -0.15) is 0 Å². The molecule has 4 nitrogen and oxygen atoms in total. The average molecular weight is 194 g/mol. The van der Waals surface area contributed by atoms with Crippen LogP contribution in [0.25, 0.3) is 0 Å². The number of fused-ring (bicyclic) bond motifs is 1. The van der Waals surface area contributed by atoms with Crippen molar-refractivity contribution in [3.63, 3.8) is 0 Å². The lowest BCUT2D eigenvalue weighted by Crippen LogP contribution is -2.56. The second-order valence-corrected chi connectivity index (χ2v) is 4.30. The zero-order valence-electron chi connectivity index (χ0n) is 8.70. The first-order valence-corrected chi connectivity index (χ1v) is 4.76. The van der Waals surface area contributed by atoms with E-state index in [4.69, 9.17) is 0 Å². The Morgan fingerprint density at radius 1 is 1.29 bits per heavy atom. The molecule has 0 atom stereocenters. The molecule has 0 N–H and O–H groups in total. The minimum atomic E-state index is -0.906. The summed E-state index contributed by atoms with van der Waals surface area (Å²) in [6.07, 6.45) is 2.78. The average Bonchev–Trinajstić information content (AvgIpc) is 2.60. The molecule has 0 spiro atoms. The van der Waals surface area contributed by atoms with Crippen LogP contribution in [0.3, 0.4) is 0 Å². The van der Waals surface area contributed by atoms with Crippen molar-refractivity contribution in [1.82, 2.24) is 9.80 Å². The Bertz CT molecular complexity index is 344. The summed E-state index contributed by atoms with van der Waals surface area (Å²) in [6.45, 7) is 4.07. The second kappa shape index (κ2) is 2.59. The zero-order valence-corrected chi connectivity index (χ0v) is 8.70. The highest BCUT2D eigenvalue weighted by Crippen LogP contribution is 2.34. The summed E-state index contributed by atoms with van der Waals surface area (Å²) in [5.41, 5.74) is -0.906. The maximum atomic E-state index is 11.9. The van der Waals surface area contributed by atoms with Gasteiger partial charge in [-0.1, -0.05) is 0 Å². The van der Waals surface area contributed by atoms with Gasteiger partial charge in [0.15, 0.2) is 0 Å². The number of carbonyl (C=O) groups is 2. The summed E-state index contributed by atoms with van der Waals surface area (Å²) in [5, 5.41) is 0. The van der Waals surface area contributed by atoms with E-state index in [1.54, 1.807) is 30.7 Å². The molecule has 14 heavy (non-hydrogen) atoms. The molecule has 2 heterocycles. The van der Waals surface area contributed by atoms with E-state index in [0.29, 0.717) is 6.54 Å². The maximum Gasteiger partial charge on any atom is 0.243 e. The van der Waals surface area contributed by atoms with Crippen LogP contribution in [0.4, 0.5) is 0 Å². The van der Waals surface area contributed by atoms with E-state index in [0.717, 1.165) is 12.2 Å². The van der Waals surface area contributed by atoms with Gasteiger partial charge in [0.1, 0.15) is 11.2 Å². The highest BCUT2D eigenvalue weighted by molar-refractivity contribution is 6.07. The fourth-order valence-electron chi connectivity index (χ4n) is 2.02. The lowest BCUT2D eigenvalue weighted by molar-refractivity contribution is -0.158. The molecule has 0 bridgehead atoms.